The predicted octanol–water partition coefficient (Wildman–Crippen LogP) is 10.9. The monoisotopic (exact) mass is 573 g/mol. The molecule has 2 heterocycles. The highest BCUT2D eigenvalue weighted by molar-refractivity contribution is 6.21. The van der Waals surface area contributed by atoms with Crippen molar-refractivity contribution in [3.8, 4) is 39.5 Å². The Balaban J connectivity index is 1.26. The van der Waals surface area contributed by atoms with Crippen LogP contribution in [0.5, 0.6) is 0 Å². The zero-order chi connectivity index (χ0) is 29.7. The lowest BCUT2D eigenvalue weighted by Crippen LogP contribution is -2.03. The average molecular weight is 574 g/mol. The van der Waals surface area contributed by atoms with Gasteiger partial charge in [0.1, 0.15) is 0 Å². The molecular weight excluding hydrogens is 546 g/mol. The second-order valence-corrected chi connectivity index (χ2v) is 11.4. The van der Waals surface area contributed by atoms with Gasteiger partial charge >= 0.3 is 0 Å². The maximum Gasteiger partial charge on any atom is 0.235 e. The zero-order valence-electron chi connectivity index (χ0n) is 24.4. The number of aromatic nitrogens is 3. The lowest BCUT2D eigenvalue weighted by Gasteiger charge is -2.12. The van der Waals surface area contributed by atoms with E-state index in [0.29, 0.717) is 5.95 Å². The molecule has 0 saturated carbocycles. The highest BCUT2D eigenvalue weighted by atomic mass is 15.2. The number of hydrogen-bond acceptors (Lipinski definition) is 2. The molecule has 0 saturated heterocycles. The van der Waals surface area contributed by atoms with E-state index in [0.717, 1.165) is 33.2 Å². The number of fused-ring (bicyclic) bond motifs is 6. The molecule has 0 amide bonds. The molecule has 3 nitrogen and oxygen atoms in total. The van der Waals surface area contributed by atoms with Crippen LogP contribution in [0.15, 0.2) is 164 Å². The summed E-state index contributed by atoms with van der Waals surface area (Å²) in [6, 6.07) is 57.9. The molecule has 0 spiro atoms. The number of hydrogen-bond donors (Lipinski definition) is 0. The molecule has 0 fully saturated rings. The van der Waals surface area contributed by atoms with Crippen LogP contribution in [0.4, 0.5) is 0 Å². The topological polar surface area (TPSA) is 30.7 Å². The molecule has 9 aromatic rings. The minimum absolute atomic E-state index is 0.669. The van der Waals surface area contributed by atoms with Gasteiger partial charge in [-0.05, 0) is 57.3 Å². The van der Waals surface area contributed by atoms with E-state index in [1.54, 1.807) is 0 Å². The first-order chi connectivity index (χ1) is 22.3. The fourth-order valence-electron chi connectivity index (χ4n) is 6.66. The quantitative estimate of drug-likeness (QED) is 0.210. The maximum absolute atomic E-state index is 5.30. The molecule has 3 heteroatoms. The molecule has 2 aromatic heterocycles. The molecule has 0 bridgehead atoms. The van der Waals surface area contributed by atoms with Gasteiger partial charge in [0.2, 0.25) is 5.95 Å². The van der Waals surface area contributed by atoms with E-state index in [1.165, 1.54) is 43.8 Å². The average Bonchev–Trinajstić information content (AvgIpc) is 3.46. The van der Waals surface area contributed by atoms with Crippen molar-refractivity contribution in [2.45, 2.75) is 0 Å². The molecule has 210 valence electrons. The molecule has 45 heavy (non-hydrogen) atoms. The Morgan fingerprint density at radius 1 is 0.378 bits per heavy atom. The summed E-state index contributed by atoms with van der Waals surface area (Å²) in [5, 5.41) is 5.88. The smallest absolute Gasteiger partial charge is 0.235 e. The summed E-state index contributed by atoms with van der Waals surface area (Å²) in [6.45, 7) is 0. The van der Waals surface area contributed by atoms with Crippen molar-refractivity contribution >= 4 is 43.5 Å². The first-order valence-electron chi connectivity index (χ1n) is 15.3. The SMILES string of the molecule is c1ccc(-c2ccc(-c3nc(-n4c5ccccc5c5c6ccc(-c7ccccc7)cc6ccc54)nc4ccccc34)cc2)cc1. The number of nitrogens with zero attached hydrogens (tertiary/aromatic N) is 3. The van der Waals surface area contributed by atoms with Crippen LogP contribution >= 0.6 is 0 Å². The van der Waals surface area contributed by atoms with Gasteiger partial charge in [0.15, 0.2) is 0 Å². The number of para-hydroxylation sites is 2. The van der Waals surface area contributed by atoms with Crippen LogP contribution in [0, 0.1) is 0 Å². The molecular formula is C42H27N3. The Bertz CT molecular complexity index is 2510. The van der Waals surface area contributed by atoms with Crippen LogP contribution in [0.1, 0.15) is 0 Å². The van der Waals surface area contributed by atoms with Crippen molar-refractivity contribution in [1.29, 1.82) is 0 Å². The standard InChI is InChI=1S/C42H27N3/c1-3-11-28(12-4-1)30-19-21-31(22-20-30)41-35-15-7-9-17-37(35)43-42(44-41)45-38-18-10-8-16-36(38)40-34-25-23-32(29-13-5-2-6-14-29)27-33(34)24-26-39(40)45/h1-27H. The van der Waals surface area contributed by atoms with Crippen molar-refractivity contribution in [3.63, 3.8) is 0 Å². The minimum atomic E-state index is 0.669. The maximum atomic E-state index is 5.30. The highest BCUT2D eigenvalue weighted by Gasteiger charge is 2.19. The van der Waals surface area contributed by atoms with Gasteiger partial charge in [-0.25, -0.2) is 9.97 Å². The molecule has 0 radical (unpaired) electrons. The predicted molar refractivity (Wildman–Crippen MR) is 188 cm³/mol. The summed E-state index contributed by atoms with van der Waals surface area (Å²) < 4.78 is 2.23. The van der Waals surface area contributed by atoms with Gasteiger partial charge in [0, 0.05) is 21.7 Å². The summed E-state index contributed by atoms with van der Waals surface area (Å²) in [6.07, 6.45) is 0. The lowest BCUT2D eigenvalue weighted by atomic mass is 9.98. The summed E-state index contributed by atoms with van der Waals surface area (Å²) >= 11 is 0. The fraction of sp³-hybridized carbons (Fsp3) is 0. The Kier molecular flexibility index (Phi) is 5.82. The second kappa shape index (κ2) is 10.3. The summed E-state index contributed by atoms with van der Waals surface area (Å²) in [4.78, 5) is 10.5. The van der Waals surface area contributed by atoms with Crippen LogP contribution < -0.4 is 0 Å². The third-order valence-corrected chi connectivity index (χ3v) is 8.82. The van der Waals surface area contributed by atoms with Crippen molar-refractivity contribution in [1.82, 2.24) is 14.5 Å². The Morgan fingerprint density at radius 3 is 1.76 bits per heavy atom. The number of rotatable bonds is 4. The molecule has 0 N–H and O–H groups in total. The van der Waals surface area contributed by atoms with Crippen molar-refractivity contribution < 1.29 is 0 Å². The van der Waals surface area contributed by atoms with E-state index < -0.39 is 0 Å². The zero-order valence-corrected chi connectivity index (χ0v) is 24.4. The summed E-state index contributed by atoms with van der Waals surface area (Å²) in [5.74, 6) is 0.669. The third-order valence-electron chi connectivity index (χ3n) is 8.82. The molecule has 0 unspecified atom stereocenters. The highest BCUT2D eigenvalue weighted by Crippen LogP contribution is 2.38. The first-order valence-corrected chi connectivity index (χ1v) is 15.3. The van der Waals surface area contributed by atoms with Crippen LogP contribution in [0.2, 0.25) is 0 Å². The molecule has 9 rings (SSSR count). The molecule has 0 aliphatic rings. The molecule has 0 aliphatic heterocycles. The van der Waals surface area contributed by atoms with Gasteiger partial charge in [-0.2, -0.15) is 0 Å². The van der Waals surface area contributed by atoms with Gasteiger partial charge in [0.05, 0.1) is 22.2 Å². The third kappa shape index (κ3) is 4.21. The largest absolute Gasteiger partial charge is 0.278 e. The second-order valence-electron chi connectivity index (χ2n) is 11.4. The summed E-state index contributed by atoms with van der Waals surface area (Å²) in [5.41, 5.74) is 9.91. The van der Waals surface area contributed by atoms with Gasteiger partial charge in [-0.1, -0.05) is 140 Å². The lowest BCUT2D eigenvalue weighted by molar-refractivity contribution is 1.01. The van der Waals surface area contributed by atoms with E-state index in [9.17, 15) is 0 Å². The van der Waals surface area contributed by atoms with Crippen LogP contribution in [-0.2, 0) is 0 Å². The van der Waals surface area contributed by atoms with Gasteiger partial charge < -0.3 is 0 Å². The Hall–Kier alpha value is -6.06. The van der Waals surface area contributed by atoms with Crippen LogP contribution in [-0.4, -0.2) is 14.5 Å². The van der Waals surface area contributed by atoms with E-state index in [1.807, 2.05) is 12.1 Å². The molecule has 0 aliphatic carbocycles. The van der Waals surface area contributed by atoms with E-state index in [-0.39, 0.29) is 0 Å². The summed E-state index contributed by atoms with van der Waals surface area (Å²) in [7, 11) is 0. The minimum Gasteiger partial charge on any atom is -0.278 e. The molecule has 0 atom stereocenters. The Morgan fingerprint density at radius 2 is 0.978 bits per heavy atom. The van der Waals surface area contributed by atoms with Gasteiger partial charge in [-0.3, -0.25) is 4.57 Å². The normalized spacial score (nSPS) is 11.6. The van der Waals surface area contributed by atoms with Gasteiger partial charge in [-0.15, -0.1) is 0 Å². The molecule has 7 aromatic carbocycles. The first kappa shape index (κ1) is 25.4. The van der Waals surface area contributed by atoms with E-state index in [2.05, 4.69) is 156 Å². The van der Waals surface area contributed by atoms with Crippen LogP contribution in [0.25, 0.3) is 82.9 Å². The van der Waals surface area contributed by atoms with E-state index >= 15 is 0 Å². The van der Waals surface area contributed by atoms with Crippen molar-refractivity contribution in [2.75, 3.05) is 0 Å². The van der Waals surface area contributed by atoms with E-state index in [4.69, 9.17) is 9.97 Å². The van der Waals surface area contributed by atoms with Gasteiger partial charge in [0.25, 0.3) is 0 Å². The van der Waals surface area contributed by atoms with Crippen molar-refractivity contribution in [2.24, 2.45) is 0 Å². The Labute approximate surface area is 260 Å². The van der Waals surface area contributed by atoms with Crippen molar-refractivity contribution in [3.05, 3.63) is 164 Å². The fourth-order valence-corrected chi connectivity index (χ4v) is 6.66. The van der Waals surface area contributed by atoms with Crippen LogP contribution in [0.3, 0.4) is 0 Å². The number of benzene rings is 7.